The number of likely N-dealkylation sites (N-methyl/N-ethyl adjacent to an activating group) is 2. The van der Waals surface area contributed by atoms with E-state index in [1.165, 1.54) is 0 Å². The van der Waals surface area contributed by atoms with Crippen LogP contribution in [0.15, 0.2) is 24.3 Å². The molecule has 0 fully saturated rings. The number of benzene rings is 1. The molecule has 0 aliphatic rings. The average Bonchev–Trinajstić information content (AvgIpc) is 2.35. The molecular weight excluding hydrogens is 202 g/mol. The van der Waals surface area contributed by atoms with Crippen LogP contribution in [0.5, 0.6) is 0 Å². The zero-order chi connectivity index (χ0) is 12.0. The van der Waals surface area contributed by atoms with Crippen molar-refractivity contribution in [1.82, 2.24) is 10.2 Å². The fourth-order valence-electron chi connectivity index (χ4n) is 1.29. The Morgan fingerprint density at radius 1 is 1.44 bits per heavy atom. The Morgan fingerprint density at radius 2 is 2.06 bits per heavy atom. The lowest BCUT2D eigenvalue weighted by molar-refractivity contribution is 0.0797. The molecule has 0 unspecified atom stereocenters. The number of nitrogens with zero attached hydrogens (tertiary/aromatic N) is 2. The van der Waals surface area contributed by atoms with Crippen molar-refractivity contribution in [2.24, 2.45) is 0 Å². The van der Waals surface area contributed by atoms with Crippen molar-refractivity contribution in [2.75, 3.05) is 27.2 Å². The maximum absolute atomic E-state index is 11.9. The molecule has 1 aromatic rings. The molecule has 0 aromatic heterocycles. The predicted molar refractivity (Wildman–Crippen MR) is 62.0 cm³/mol. The molecule has 0 atom stereocenters. The first kappa shape index (κ1) is 12.2. The van der Waals surface area contributed by atoms with Gasteiger partial charge in [0, 0.05) is 25.7 Å². The van der Waals surface area contributed by atoms with Crippen LogP contribution in [0.4, 0.5) is 0 Å². The van der Waals surface area contributed by atoms with Crippen molar-refractivity contribution in [1.29, 1.82) is 5.26 Å². The van der Waals surface area contributed by atoms with Crippen molar-refractivity contribution in [3.63, 3.8) is 0 Å². The predicted octanol–water partition coefficient (Wildman–Crippen LogP) is 0.850. The molecule has 16 heavy (non-hydrogen) atoms. The Balaban J connectivity index is 2.69. The van der Waals surface area contributed by atoms with Crippen LogP contribution in [0.1, 0.15) is 15.9 Å². The van der Waals surface area contributed by atoms with Gasteiger partial charge in [-0.3, -0.25) is 4.79 Å². The third-order valence-electron chi connectivity index (χ3n) is 2.30. The van der Waals surface area contributed by atoms with Gasteiger partial charge in [0.25, 0.3) is 5.91 Å². The van der Waals surface area contributed by atoms with Crippen LogP contribution in [-0.2, 0) is 0 Å². The number of amides is 1. The monoisotopic (exact) mass is 217 g/mol. The lowest BCUT2D eigenvalue weighted by Gasteiger charge is -2.16. The van der Waals surface area contributed by atoms with Crippen molar-refractivity contribution < 1.29 is 4.79 Å². The van der Waals surface area contributed by atoms with Crippen LogP contribution in [0, 0.1) is 11.3 Å². The molecule has 0 radical (unpaired) electrons. The Kier molecular flexibility index (Phi) is 4.49. The molecule has 4 nitrogen and oxygen atoms in total. The third kappa shape index (κ3) is 3.07. The van der Waals surface area contributed by atoms with Gasteiger partial charge in [-0.25, -0.2) is 0 Å². The van der Waals surface area contributed by atoms with E-state index in [4.69, 9.17) is 5.26 Å². The van der Waals surface area contributed by atoms with Gasteiger partial charge in [-0.15, -0.1) is 0 Å². The highest BCUT2D eigenvalue weighted by molar-refractivity contribution is 5.94. The minimum atomic E-state index is -0.0280. The van der Waals surface area contributed by atoms with Gasteiger partial charge in [-0.1, -0.05) is 0 Å². The van der Waals surface area contributed by atoms with Gasteiger partial charge < -0.3 is 10.2 Å². The second kappa shape index (κ2) is 5.89. The van der Waals surface area contributed by atoms with E-state index in [0.29, 0.717) is 17.7 Å². The van der Waals surface area contributed by atoms with Gasteiger partial charge in [-0.05, 0) is 31.3 Å². The Hall–Kier alpha value is -1.86. The molecule has 0 aliphatic heterocycles. The number of hydrogen-bond donors (Lipinski definition) is 1. The summed E-state index contributed by atoms with van der Waals surface area (Å²) in [4.78, 5) is 13.5. The zero-order valence-corrected chi connectivity index (χ0v) is 9.53. The highest BCUT2D eigenvalue weighted by Crippen LogP contribution is 2.05. The number of hydrogen-bond acceptors (Lipinski definition) is 3. The van der Waals surface area contributed by atoms with Crippen molar-refractivity contribution >= 4 is 5.91 Å². The summed E-state index contributed by atoms with van der Waals surface area (Å²) in [5.41, 5.74) is 1.17. The minimum Gasteiger partial charge on any atom is -0.340 e. The molecule has 0 saturated heterocycles. The summed E-state index contributed by atoms with van der Waals surface area (Å²) in [6.07, 6.45) is 0. The summed E-state index contributed by atoms with van der Waals surface area (Å²) < 4.78 is 0. The summed E-state index contributed by atoms with van der Waals surface area (Å²) in [6.45, 7) is 1.42. The van der Waals surface area contributed by atoms with Gasteiger partial charge in [-0.2, -0.15) is 5.26 Å². The van der Waals surface area contributed by atoms with Crippen LogP contribution < -0.4 is 5.32 Å². The smallest absolute Gasteiger partial charge is 0.253 e. The molecule has 0 heterocycles. The minimum absolute atomic E-state index is 0.0280. The van der Waals surface area contributed by atoms with Crippen molar-refractivity contribution in [2.45, 2.75) is 0 Å². The van der Waals surface area contributed by atoms with E-state index in [1.807, 2.05) is 13.1 Å². The second-order valence-corrected chi connectivity index (χ2v) is 3.52. The molecule has 1 N–H and O–H groups in total. The van der Waals surface area contributed by atoms with E-state index in [9.17, 15) is 4.79 Å². The molecule has 0 bridgehead atoms. The first-order valence-corrected chi connectivity index (χ1v) is 5.09. The standard InChI is InChI=1S/C12H15N3O/c1-14-7-8-15(2)12(16)11-5-3-10(9-13)4-6-11/h3-6,14H,7-8H2,1-2H3. The van der Waals surface area contributed by atoms with Crippen molar-refractivity contribution in [3.05, 3.63) is 35.4 Å². The maximum Gasteiger partial charge on any atom is 0.253 e. The average molecular weight is 217 g/mol. The second-order valence-electron chi connectivity index (χ2n) is 3.52. The van der Waals surface area contributed by atoms with Crippen LogP contribution in [0.3, 0.4) is 0 Å². The van der Waals surface area contributed by atoms with E-state index < -0.39 is 0 Å². The SMILES string of the molecule is CNCCN(C)C(=O)c1ccc(C#N)cc1. The van der Waals surface area contributed by atoms with Crippen LogP contribution in [0.2, 0.25) is 0 Å². The fraction of sp³-hybridized carbons (Fsp3) is 0.333. The first-order chi connectivity index (χ1) is 7.69. The third-order valence-corrected chi connectivity index (χ3v) is 2.30. The summed E-state index contributed by atoms with van der Waals surface area (Å²) in [5, 5.41) is 11.6. The van der Waals surface area contributed by atoms with Gasteiger partial charge in [0.15, 0.2) is 0 Å². The number of nitriles is 1. The Bertz CT molecular complexity index is 392. The molecule has 0 spiro atoms. The lowest BCUT2D eigenvalue weighted by Crippen LogP contribution is -2.32. The van der Waals surface area contributed by atoms with Gasteiger partial charge >= 0.3 is 0 Å². The lowest BCUT2D eigenvalue weighted by atomic mass is 10.1. The first-order valence-electron chi connectivity index (χ1n) is 5.09. The quantitative estimate of drug-likeness (QED) is 0.813. The zero-order valence-electron chi connectivity index (χ0n) is 9.53. The van der Waals surface area contributed by atoms with Gasteiger partial charge in [0.05, 0.1) is 11.6 Å². The van der Waals surface area contributed by atoms with E-state index in [1.54, 1.807) is 36.2 Å². The number of nitrogens with one attached hydrogen (secondary N) is 1. The summed E-state index contributed by atoms with van der Waals surface area (Å²) in [7, 11) is 3.61. The van der Waals surface area contributed by atoms with E-state index >= 15 is 0 Å². The molecule has 0 saturated carbocycles. The number of carbonyl (C=O) groups excluding carboxylic acids is 1. The van der Waals surface area contributed by atoms with Crippen LogP contribution in [0.25, 0.3) is 0 Å². The highest BCUT2D eigenvalue weighted by Gasteiger charge is 2.10. The summed E-state index contributed by atoms with van der Waals surface area (Å²) >= 11 is 0. The largest absolute Gasteiger partial charge is 0.340 e. The molecule has 4 heteroatoms. The molecular formula is C12H15N3O. The van der Waals surface area contributed by atoms with Crippen LogP contribution in [-0.4, -0.2) is 38.0 Å². The van der Waals surface area contributed by atoms with E-state index in [0.717, 1.165) is 6.54 Å². The number of carbonyl (C=O) groups is 1. The van der Waals surface area contributed by atoms with Gasteiger partial charge in [0.1, 0.15) is 0 Å². The Labute approximate surface area is 95.5 Å². The number of rotatable bonds is 4. The molecule has 0 aliphatic carbocycles. The summed E-state index contributed by atoms with van der Waals surface area (Å²) in [6, 6.07) is 8.68. The van der Waals surface area contributed by atoms with Gasteiger partial charge in [0.2, 0.25) is 0 Å². The molecule has 1 aromatic carbocycles. The highest BCUT2D eigenvalue weighted by atomic mass is 16.2. The van der Waals surface area contributed by atoms with Crippen LogP contribution >= 0.6 is 0 Å². The molecule has 1 amide bonds. The maximum atomic E-state index is 11.9. The van der Waals surface area contributed by atoms with E-state index in [-0.39, 0.29) is 5.91 Å². The fourth-order valence-corrected chi connectivity index (χ4v) is 1.29. The normalized spacial score (nSPS) is 9.56. The molecule has 84 valence electrons. The molecule has 1 rings (SSSR count). The van der Waals surface area contributed by atoms with E-state index in [2.05, 4.69) is 5.32 Å². The Morgan fingerprint density at radius 3 is 2.56 bits per heavy atom. The van der Waals surface area contributed by atoms with Crippen molar-refractivity contribution in [3.8, 4) is 6.07 Å². The topological polar surface area (TPSA) is 56.1 Å². The summed E-state index contributed by atoms with van der Waals surface area (Å²) in [5.74, 6) is -0.0280.